The van der Waals surface area contributed by atoms with Gasteiger partial charge in [-0.05, 0) is 30.3 Å². The van der Waals surface area contributed by atoms with Crippen LogP contribution in [0, 0.1) is 5.82 Å². The van der Waals surface area contributed by atoms with Gasteiger partial charge in [0.1, 0.15) is 6.61 Å². The predicted octanol–water partition coefficient (Wildman–Crippen LogP) is 2.45. The Hall–Kier alpha value is -3.00. The third-order valence-corrected chi connectivity index (χ3v) is 3.50. The maximum absolute atomic E-state index is 14.0. The fourth-order valence-electron chi connectivity index (χ4n) is 2.31. The van der Waals surface area contributed by atoms with Crippen LogP contribution in [0.5, 0.6) is 11.6 Å². The van der Waals surface area contributed by atoms with Crippen molar-refractivity contribution >= 4 is 17.0 Å². The molecule has 3 aromatic rings. The zero-order valence-corrected chi connectivity index (χ0v) is 13.8. The van der Waals surface area contributed by atoms with Gasteiger partial charge in [-0.15, -0.1) is 0 Å². The van der Waals surface area contributed by atoms with Gasteiger partial charge < -0.3 is 19.9 Å². The molecule has 0 unspecified atom stereocenters. The topological polar surface area (TPSA) is 92.4 Å². The Morgan fingerprint density at radius 3 is 2.60 bits per heavy atom. The number of hydrogen-bond donors (Lipinski definition) is 1. The first-order chi connectivity index (χ1) is 12.1. The number of aromatic nitrogens is 3. The molecule has 2 heterocycles. The van der Waals surface area contributed by atoms with Gasteiger partial charge in [-0.25, -0.2) is 14.4 Å². The summed E-state index contributed by atoms with van der Waals surface area (Å²) in [4.78, 5) is 12.7. The highest BCUT2D eigenvalue weighted by Crippen LogP contribution is 2.28. The highest BCUT2D eigenvalue weighted by Gasteiger charge is 2.12. The number of nitrogen functional groups attached to an aromatic ring is 1. The van der Waals surface area contributed by atoms with Gasteiger partial charge in [-0.3, -0.25) is 0 Å². The zero-order chi connectivity index (χ0) is 17.8. The van der Waals surface area contributed by atoms with E-state index in [-0.39, 0.29) is 17.6 Å². The van der Waals surface area contributed by atoms with Gasteiger partial charge in [0.15, 0.2) is 17.1 Å². The Balaban J connectivity index is 2.04. The molecule has 2 aromatic heterocycles. The molecule has 8 heteroatoms. The van der Waals surface area contributed by atoms with E-state index in [1.165, 1.54) is 13.2 Å². The van der Waals surface area contributed by atoms with E-state index in [0.29, 0.717) is 35.5 Å². The van der Waals surface area contributed by atoms with Gasteiger partial charge in [0.25, 0.3) is 0 Å². The molecule has 0 aliphatic carbocycles. The van der Waals surface area contributed by atoms with Gasteiger partial charge in [-0.2, -0.15) is 4.98 Å². The number of nitrogens with zero attached hydrogens (tertiary/aromatic N) is 3. The number of rotatable bonds is 6. The largest absolute Gasteiger partial charge is 0.494 e. The van der Waals surface area contributed by atoms with Crippen molar-refractivity contribution in [1.82, 2.24) is 15.0 Å². The molecule has 0 fully saturated rings. The van der Waals surface area contributed by atoms with Crippen molar-refractivity contribution in [3.8, 4) is 22.9 Å². The molecule has 0 saturated heterocycles. The van der Waals surface area contributed by atoms with Gasteiger partial charge in [0.05, 0.1) is 24.9 Å². The number of halogens is 1. The summed E-state index contributed by atoms with van der Waals surface area (Å²) in [7, 11) is 2.99. The van der Waals surface area contributed by atoms with Crippen LogP contribution in [0.4, 0.5) is 10.3 Å². The lowest BCUT2D eigenvalue weighted by molar-refractivity contribution is 0.144. The Bertz CT molecular complexity index is 904. The molecule has 1 aromatic carbocycles. The number of anilines is 1. The van der Waals surface area contributed by atoms with Crippen LogP contribution in [-0.2, 0) is 4.74 Å². The molecular formula is C17H17FN4O3. The Morgan fingerprint density at radius 1 is 1.04 bits per heavy atom. The minimum atomic E-state index is -0.466. The third-order valence-electron chi connectivity index (χ3n) is 3.50. The van der Waals surface area contributed by atoms with Crippen LogP contribution in [0.2, 0.25) is 0 Å². The van der Waals surface area contributed by atoms with Gasteiger partial charge in [0, 0.05) is 12.7 Å². The summed E-state index contributed by atoms with van der Waals surface area (Å²) >= 11 is 0. The van der Waals surface area contributed by atoms with Crippen molar-refractivity contribution in [2.75, 3.05) is 33.2 Å². The molecule has 7 nitrogen and oxygen atoms in total. The van der Waals surface area contributed by atoms with Crippen LogP contribution >= 0.6 is 0 Å². The third kappa shape index (κ3) is 3.58. The fraction of sp³-hybridized carbons (Fsp3) is 0.235. The smallest absolute Gasteiger partial charge is 0.245 e. The zero-order valence-electron chi connectivity index (χ0n) is 13.8. The molecule has 0 aliphatic heterocycles. The van der Waals surface area contributed by atoms with Crippen molar-refractivity contribution < 1.29 is 18.6 Å². The minimum absolute atomic E-state index is 0.0879. The Kier molecular flexibility index (Phi) is 4.90. The molecule has 3 rings (SSSR count). The van der Waals surface area contributed by atoms with Gasteiger partial charge in [0.2, 0.25) is 11.8 Å². The number of benzene rings is 1. The molecule has 0 radical (unpaired) electrons. The summed E-state index contributed by atoms with van der Waals surface area (Å²) in [6.07, 6.45) is 0. The highest BCUT2D eigenvalue weighted by molar-refractivity contribution is 5.83. The average molecular weight is 344 g/mol. The molecular weight excluding hydrogens is 327 g/mol. The van der Waals surface area contributed by atoms with E-state index < -0.39 is 5.82 Å². The maximum atomic E-state index is 14.0. The summed E-state index contributed by atoms with van der Waals surface area (Å²) in [5.41, 5.74) is 7.84. The first kappa shape index (κ1) is 16.8. The van der Waals surface area contributed by atoms with Crippen molar-refractivity contribution in [3.05, 3.63) is 36.1 Å². The molecule has 0 spiro atoms. The average Bonchev–Trinajstić information content (AvgIpc) is 2.61. The van der Waals surface area contributed by atoms with Crippen molar-refractivity contribution in [3.63, 3.8) is 0 Å². The minimum Gasteiger partial charge on any atom is -0.494 e. The molecule has 2 N–H and O–H groups in total. The van der Waals surface area contributed by atoms with Crippen molar-refractivity contribution in [1.29, 1.82) is 0 Å². The number of hydrogen-bond acceptors (Lipinski definition) is 7. The lowest BCUT2D eigenvalue weighted by Crippen LogP contribution is -2.08. The number of pyridine rings is 1. The quantitative estimate of drug-likeness (QED) is 0.687. The second-order valence-corrected chi connectivity index (χ2v) is 5.14. The van der Waals surface area contributed by atoms with Crippen LogP contribution in [0.1, 0.15) is 0 Å². The monoisotopic (exact) mass is 344 g/mol. The summed E-state index contributed by atoms with van der Waals surface area (Å²) < 4.78 is 29.4. The number of fused-ring (bicyclic) bond motifs is 1. The molecule has 130 valence electrons. The number of methoxy groups -OCH3 is 2. The summed E-state index contributed by atoms with van der Waals surface area (Å²) in [6, 6.07) is 8.10. The van der Waals surface area contributed by atoms with E-state index in [9.17, 15) is 4.39 Å². The number of nitrogens with two attached hydrogens (primary N) is 1. The molecule has 25 heavy (non-hydrogen) atoms. The maximum Gasteiger partial charge on any atom is 0.245 e. The van der Waals surface area contributed by atoms with Crippen molar-refractivity contribution in [2.24, 2.45) is 0 Å². The highest BCUT2D eigenvalue weighted by atomic mass is 19.1. The van der Waals surface area contributed by atoms with Crippen molar-refractivity contribution in [2.45, 2.75) is 0 Å². The molecule has 0 amide bonds. The first-order valence-corrected chi connectivity index (χ1v) is 7.52. The number of ether oxygens (including phenoxy) is 3. The second-order valence-electron chi connectivity index (χ2n) is 5.14. The SMILES string of the molecule is COCCOc1nc(N)nc2ccc(-c3ccc(OC)c(F)c3)nc12. The Morgan fingerprint density at radius 2 is 1.88 bits per heavy atom. The molecule has 0 bridgehead atoms. The normalized spacial score (nSPS) is 10.8. The van der Waals surface area contributed by atoms with E-state index in [2.05, 4.69) is 15.0 Å². The van der Waals surface area contributed by atoms with Crippen LogP contribution in [0.15, 0.2) is 30.3 Å². The molecule has 0 saturated carbocycles. The van der Waals surface area contributed by atoms with E-state index in [1.54, 1.807) is 31.4 Å². The lowest BCUT2D eigenvalue weighted by atomic mass is 10.1. The lowest BCUT2D eigenvalue weighted by Gasteiger charge is -2.10. The van der Waals surface area contributed by atoms with Gasteiger partial charge in [-0.1, -0.05) is 0 Å². The summed E-state index contributed by atoms with van der Waals surface area (Å²) in [6.45, 7) is 0.694. The van der Waals surface area contributed by atoms with Crippen LogP contribution in [0.3, 0.4) is 0 Å². The standard InChI is InChI=1S/C17H17FN4O3/c1-23-7-8-25-16-15-13(21-17(19)22-16)5-4-12(20-15)10-3-6-14(24-2)11(18)9-10/h3-6,9H,7-8H2,1-2H3,(H2,19,21,22). The van der Waals surface area contributed by atoms with E-state index in [4.69, 9.17) is 19.9 Å². The van der Waals surface area contributed by atoms with Gasteiger partial charge >= 0.3 is 0 Å². The van der Waals surface area contributed by atoms with E-state index in [1.807, 2.05) is 0 Å². The van der Waals surface area contributed by atoms with Crippen LogP contribution < -0.4 is 15.2 Å². The first-order valence-electron chi connectivity index (χ1n) is 7.52. The van der Waals surface area contributed by atoms with Crippen LogP contribution in [-0.4, -0.2) is 42.4 Å². The molecule has 0 aliphatic rings. The fourth-order valence-corrected chi connectivity index (χ4v) is 2.31. The van der Waals surface area contributed by atoms with E-state index in [0.717, 1.165) is 0 Å². The summed E-state index contributed by atoms with van der Waals surface area (Å²) in [5.74, 6) is 0.0524. The molecule has 0 atom stereocenters. The van der Waals surface area contributed by atoms with Crippen LogP contribution in [0.25, 0.3) is 22.3 Å². The summed E-state index contributed by atoms with van der Waals surface area (Å²) in [5, 5.41) is 0. The second kappa shape index (κ2) is 7.27. The Labute approximate surface area is 143 Å². The van der Waals surface area contributed by atoms with E-state index >= 15 is 0 Å². The predicted molar refractivity (Wildman–Crippen MR) is 91.1 cm³/mol.